The van der Waals surface area contributed by atoms with E-state index in [1.54, 1.807) is 0 Å². The predicted molar refractivity (Wildman–Crippen MR) is 74.4 cm³/mol. The molecule has 0 amide bonds. The fourth-order valence-electron chi connectivity index (χ4n) is 1.99. The van der Waals surface area contributed by atoms with Crippen LogP contribution in [0, 0.1) is 6.92 Å². The van der Waals surface area contributed by atoms with Gasteiger partial charge in [0.1, 0.15) is 23.5 Å². The van der Waals surface area contributed by atoms with E-state index in [4.69, 9.17) is 0 Å². The van der Waals surface area contributed by atoms with E-state index in [1.807, 2.05) is 0 Å². The van der Waals surface area contributed by atoms with Gasteiger partial charge in [-0.15, -0.1) is 5.46 Å². The van der Waals surface area contributed by atoms with Gasteiger partial charge in [-0.2, -0.15) is 0 Å². The monoisotopic (exact) mass is 184 g/mol. The quantitative estimate of drug-likeness (QED) is 0.411. The molecule has 1 rings (SSSR count). The average Bonchev–Trinajstić information content (AvgIpc) is 2.06. The molecule has 14 heavy (non-hydrogen) atoms. The molecule has 0 saturated carbocycles. The highest BCUT2D eigenvalue weighted by Crippen LogP contribution is 2.22. The summed E-state index contributed by atoms with van der Waals surface area (Å²) in [5.74, 6) is 0. The summed E-state index contributed by atoms with van der Waals surface area (Å²) in [4.78, 5) is 0. The Balaban J connectivity index is 3.49. The van der Waals surface area contributed by atoms with Crippen LogP contribution in [0.3, 0.4) is 0 Å². The first-order valence-electron chi connectivity index (χ1n) is 5.33. The van der Waals surface area contributed by atoms with Crippen LogP contribution in [0.2, 0.25) is 0 Å². The maximum atomic E-state index is 2.34. The van der Waals surface area contributed by atoms with E-state index in [9.17, 15) is 0 Å². The molecule has 0 heterocycles. The predicted octanol–water partition coefficient (Wildman–Crippen LogP) is -1.93. The second kappa shape index (κ2) is 3.53. The van der Waals surface area contributed by atoms with Gasteiger partial charge in [0.2, 0.25) is 0 Å². The SMILES string of the molecule is Bc1cc(C(C)(C)C)c(C)c(B)c1B. The van der Waals surface area contributed by atoms with Crippen LogP contribution in [0.5, 0.6) is 0 Å². The Kier molecular flexibility index (Phi) is 2.89. The summed E-state index contributed by atoms with van der Waals surface area (Å²) in [5, 5.41) is 0. The Morgan fingerprint density at radius 1 is 1.00 bits per heavy atom. The van der Waals surface area contributed by atoms with Crippen molar-refractivity contribution in [1.82, 2.24) is 0 Å². The maximum absolute atomic E-state index is 2.34. The molecule has 0 aliphatic rings. The molecular formula is C11H19B3. The molecule has 0 N–H and O–H groups in total. The van der Waals surface area contributed by atoms with Crippen LogP contribution in [-0.4, -0.2) is 23.5 Å². The lowest BCUT2D eigenvalue weighted by molar-refractivity contribution is 0.587. The Morgan fingerprint density at radius 2 is 1.50 bits per heavy atom. The molecule has 0 radical (unpaired) electrons. The highest BCUT2D eigenvalue weighted by atomic mass is 14.2. The van der Waals surface area contributed by atoms with E-state index >= 15 is 0 Å². The molecule has 72 valence electrons. The Hall–Kier alpha value is -0.585. The van der Waals surface area contributed by atoms with Gasteiger partial charge < -0.3 is 0 Å². The van der Waals surface area contributed by atoms with Crippen LogP contribution in [0.1, 0.15) is 31.9 Å². The van der Waals surface area contributed by atoms with Gasteiger partial charge in [-0.05, 0) is 17.9 Å². The largest absolute Gasteiger partial charge is 0.138 e. The Morgan fingerprint density at radius 3 is 1.93 bits per heavy atom. The lowest BCUT2D eigenvalue weighted by atomic mass is 9.66. The number of hydrogen-bond acceptors (Lipinski definition) is 0. The van der Waals surface area contributed by atoms with E-state index < -0.39 is 0 Å². The van der Waals surface area contributed by atoms with Crippen LogP contribution >= 0.6 is 0 Å². The van der Waals surface area contributed by atoms with Crippen molar-refractivity contribution in [2.75, 3.05) is 0 Å². The molecule has 0 fully saturated rings. The summed E-state index contributed by atoms with van der Waals surface area (Å²) in [6.07, 6.45) is 0. The molecular weight excluding hydrogens is 165 g/mol. The van der Waals surface area contributed by atoms with Crippen molar-refractivity contribution in [2.24, 2.45) is 0 Å². The lowest BCUT2D eigenvalue weighted by Crippen LogP contribution is -2.42. The molecule has 0 atom stereocenters. The normalized spacial score (nSPS) is 11.7. The topological polar surface area (TPSA) is 0 Å². The van der Waals surface area contributed by atoms with Crippen molar-refractivity contribution in [3.63, 3.8) is 0 Å². The van der Waals surface area contributed by atoms with Gasteiger partial charge in [0.25, 0.3) is 0 Å². The molecule has 0 aromatic heterocycles. The minimum absolute atomic E-state index is 0.257. The second-order valence-corrected chi connectivity index (χ2v) is 5.37. The summed E-state index contributed by atoms with van der Waals surface area (Å²) in [6.45, 7) is 9.08. The van der Waals surface area contributed by atoms with Gasteiger partial charge in [-0.1, -0.05) is 43.3 Å². The molecule has 0 bridgehead atoms. The third-order valence-electron chi connectivity index (χ3n) is 3.29. The van der Waals surface area contributed by atoms with Crippen LogP contribution in [0.15, 0.2) is 6.07 Å². The van der Waals surface area contributed by atoms with Crippen molar-refractivity contribution in [1.29, 1.82) is 0 Å². The first kappa shape index (κ1) is 11.5. The summed E-state index contributed by atoms with van der Waals surface area (Å²) in [6, 6.07) is 2.34. The van der Waals surface area contributed by atoms with Gasteiger partial charge in [-0.3, -0.25) is 0 Å². The highest BCUT2D eigenvalue weighted by Gasteiger charge is 2.18. The summed E-state index contributed by atoms with van der Waals surface area (Å²) >= 11 is 0. The third-order valence-corrected chi connectivity index (χ3v) is 3.29. The molecule has 0 spiro atoms. The fraction of sp³-hybridized carbons (Fsp3) is 0.455. The Bertz CT molecular complexity index is 362. The van der Waals surface area contributed by atoms with Crippen molar-refractivity contribution in [2.45, 2.75) is 33.1 Å². The standard InChI is InChI=1S/C11H19B3/c1-6-7(11(2,3)4)5-8(12)10(14)9(6)13/h5H,12-14H2,1-4H3. The van der Waals surface area contributed by atoms with Gasteiger partial charge in [0, 0.05) is 0 Å². The number of rotatable bonds is 0. The van der Waals surface area contributed by atoms with Gasteiger partial charge in [-0.25, -0.2) is 0 Å². The first-order valence-corrected chi connectivity index (χ1v) is 5.33. The molecule has 0 nitrogen and oxygen atoms in total. The number of hydrogen-bond donors (Lipinski definition) is 0. The zero-order chi connectivity index (χ0) is 11.1. The van der Waals surface area contributed by atoms with Crippen LogP contribution in [-0.2, 0) is 5.41 Å². The molecule has 0 aliphatic carbocycles. The molecule has 0 aliphatic heterocycles. The van der Waals surface area contributed by atoms with Crippen molar-refractivity contribution in [3.05, 3.63) is 17.2 Å². The van der Waals surface area contributed by atoms with E-state index in [1.165, 1.54) is 27.5 Å². The van der Waals surface area contributed by atoms with Crippen molar-refractivity contribution >= 4 is 39.9 Å². The van der Waals surface area contributed by atoms with E-state index in [0.29, 0.717) is 0 Å². The summed E-state index contributed by atoms with van der Waals surface area (Å²) in [5.41, 5.74) is 7.51. The zero-order valence-electron chi connectivity index (χ0n) is 10.6. The molecule has 0 saturated heterocycles. The lowest BCUT2D eigenvalue weighted by Gasteiger charge is -2.25. The van der Waals surface area contributed by atoms with Crippen molar-refractivity contribution < 1.29 is 0 Å². The Labute approximate surface area is 90.7 Å². The van der Waals surface area contributed by atoms with E-state index in [-0.39, 0.29) is 5.41 Å². The number of benzene rings is 1. The minimum atomic E-state index is 0.257. The van der Waals surface area contributed by atoms with Gasteiger partial charge >= 0.3 is 0 Å². The molecule has 1 aromatic rings. The smallest absolute Gasteiger partial charge is 0.101 e. The first-order chi connectivity index (χ1) is 6.25. The zero-order valence-corrected chi connectivity index (χ0v) is 10.6. The molecule has 1 aromatic carbocycles. The molecule has 0 unspecified atom stereocenters. The maximum Gasteiger partial charge on any atom is 0.138 e. The van der Waals surface area contributed by atoms with Crippen LogP contribution in [0.4, 0.5) is 0 Å². The summed E-state index contributed by atoms with van der Waals surface area (Å²) < 4.78 is 0. The van der Waals surface area contributed by atoms with Gasteiger partial charge in [0.05, 0.1) is 0 Å². The minimum Gasteiger partial charge on any atom is -0.101 e. The van der Waals surface area contributed by atoms with E-state index in [2.05, 4.69) is 57.3 Å². The second-order valence-electron chi connectivity index (χ2n) is 5.37. The highest BCUT2D eigenvalue weighted by molar-refractivity contribution is 6.57. The summed E-state index contributed by atoms with van der Waals surface area (Å²) in [7, 11) is 6.65. The van der Waals surface area contributed by atoms with Crippen LogP contribution < -0.4 is 16.4 Å². The average molecular weight is 184 g/mol. The fourth-order valence-corrected chi connectivity index (χ4v) is 1.99. The van der Waals surface area contributed by atoms with E-state index in [0.717, 1.165) is 0 Å². The third kappa shape index (κ3) is 1.92. The van der Waals surface area contributed by atoms with Crippen LogP contribution in [0.25, 0.3) is 0 Å². The van der Waals surface area contributed by atoms with Crippen molar-refractivity contribution in [3.8, 4) is 0 Å². The molecule has 3 heteroatoms. The van der Waals surface area contributed by atoms with Gasteiger partial charge in [0.15, 0.2) is 0 Å².